The standard InChI is InChI=1S/C17H22N4O5/c1-6-21-9-11(13(20-21)17(23)18-2)19-16(22)10-7-8-12(24-3)15(26-5)14(10)25-4/h7-9H,6H2,1-5H3,(H,18,23)(H,19,22). The molecule has 0 bridgehead atoms. The summed E-state index contributed by atoms with van der Waals surface area (Å²) in [5.74, 6) is 0.105. The number of hydrogen-bond donors (Lipinski definition) is 2. The first kappa shape index (κ1) is 19.1. The summed E-state index contributed by atoms with van der Waals surface area (Å²) in [6.07, 6.45) is 1.59. The van der Waals surface area contributed by atoms with Crippen LogP contribution >= 0.6 is 0 Å². The normalized spacial score (nSPS) is 10.2. The number of nitrogens with zero attached hydrogens (tertiary/aromatic N) is 2. The van der Waals surface area contributed by atoms with Crippen molar-refractivity contribution >= 4 is 17.5 Å². The molecule has 0 aliphatic carbocycles. The molecule has 0 aliphatic rings. The number of aromatic nitrogens is 2. The van der Waals surface area contributed by atoms with Gasteiger partial charge in [-0.2, -0.15) is 5.10 Å². The van der Waals surface area contributed by atoms with Crippen molar-refractivity contribution in [3.63, 3.8) is 0 Å². The molecule has 0 unspecified atom stereocenters. The highest BCUT2D eigenvalue weighted by Gasteiger charge is 2.23. The Morgan fingerprint density at radius 2 is 1.77 bits per heavy atom. The zero-order valence-electron chi connectivity index (χ0n) is 15.4. The molecule has 0 saturated heterocycles. The van der Waals surface area contributed by atoms with Crippen molar-refractivity contribution in [3.05, 3.63) is 29.6 Å². The van der Waals surface area contributed by atoms with E-state index < -0.39 is 11.8 Å². The molecular formula is C17H22N4O5. The van der Waals surface area contributed by atoms with Crippen molar-refractivity contribution in [3.8, 4) is 17.2 Å². The van der Waals surface area contributed by atoms with Crippen LogP contribution in [0.2, 0.25) is 0 Å². The predicted molar refractivity (Wildman–Crippen MR) is 95.3 cm³/mol. The molecule has 0 fully saturated rings. The zero-order valence-corrected chi connectivity index (χ0v) is 15.4. The van der Waals surface area contributed by atoms with Crippen LogP contribution in [-0.4, -0.2) is 50.0 Å². The number of hydrogen-bond acceptors (Lipinski definition) is 6. The van der Waals surface area contributed by atoms with E-state index in [9.17, 15) is 9.59 Å². The molecule has 26 heavy (non-hydrogen) atoms. The highest BCUT2D eigenvalue weighted by molar-refractivity contribution is 6.10. The summed E-state index contributed by atoms with van der Waals surface area (Å²) in [5.41, 5.74) is 0.660. The maximum atomic E-state index is 12.8. The number of methoxy groups -OCH3 is 3. The van der Waals surface area contributed by atoms with Crippen molar-refractivity contribution in [1.82, 2.24) is 15.1 Å². The molecule has 0 spiro atoms. The Bertz CT molecular complexity index is 816. The van der Waals surface area contributed by atoms with E-state index in [1.54, 1.807) is 23.0 Å². The average Bonchev–Trinajstić information content (AvgIpc) is 3.08. The second-order valence-corrected chi connectivity index (χ2v) is 5.16. The van der Waals surface area contributed by atoms with Gasteiger partial charge in [-0.15, -0.1) is 0 Å². The van der Waals surface area contributed by atoms with Gasteiger partial charge in [0.05, 0.1) is 32.6 Å². The molecule has 140 valence electrons. The largest absolute Gasteiger partial charge is 0.493 e. The minimum atomic E-state index is -0.469. The van der Waals surface area contributed by atoms with Crippen LogP contribution < -0.4 is 24.8 Å². The highest BCUT2D eigenvalue weighted by atomic mass is 16.5. The number of amides is 2. The number of benzene rings is 1. The predicted octanol–water partition coefficient (Wildman–Crippen LogP) is 1.54. The van der Waals surface area contributed by atoms with Gasteiger partial charge in [0.25, 0.3) is 11.8 Å². The summed E-state index contributed by atoms with van der Waals surface area (Å²) in [7, 11) is 5.87. The lowest BCUT2D eigenvalue weighted by Crippen LogP contribution is -2.22. The Morgan fingerprint density at radius 1 is 1.08 bits per heavy atom. The quantitative estimate of drug-likeness (QED) is 0.774. The van der Waals surface area contributed by atoms with E-state index in [2.05, 4.69) is 15.7 Å². The third-order valence-electron chi connectivity index (χ3n) is 3.72. The molecule has 2 amide bonds. The van der Waals surface area contributed by atoms with E-state index in [1.807, 2.05) is 6.92 Å². The number of carbonyl (C=O) groups excluding carboxylic acids is 2. The van der Waals surface area contributed by atoms with Crippen LogP contribution in [-0.2, 0) is 6.54 Å². The van der Waals surface area contributed by atoms with Crippen LogP contribution in [0.1, 0.15) is 27.8 Å². The SMILES string of the molecule is CCn1cc(NC(=O)c2ccc(OC)c(OC)c2OC)c(C(=O)NC)n1. The van der Waals surface area contributed by atoms with E-state index in [1.165, 1.54) is 28.4 Å². The third-order valence-corrected chi connectivity index (χ3v) is 3.72. The van der Waals surface area contributed by atoms with E-state index in [-0.39, 0.29) is 17.0 Å². The van der Waals surface area contributed by atoms with Gasteiger partial charge >= 0.3 is 0 Å². The van der Waals surface area contributed by atoms with Gasteiger partial charge in [0.2, 0.25) is 5.75 Å². The van der Waals surface area contributed by atoms with E-state index in [4.69, 9.17) is 14.2 Å². The number of aryl methyl sites for hydroxylation is 1. The van der Waals surface area contributed by atoms with Crippen molar-refractivity contribution in [2.75, 3.05) is 33.7 Å². The molecule has 0 saturated carbocycles. The third kappa shape index (κ3) is 3.56. The van der Waals surface area contributed by atoms with Crippen LogP contribution in [0.3, 0.4) is 0 Å². The van der Waals surface area contributed by atoms with Crippen molar-refractivity contribution in [2.24, 2.45) is 0 Å². The molecule has 2 rings (SSSR count). The van der Waals surface area contributed by atoms with Crippen molar-refractivity contribution in [1.29, 1.82) is 0 Å². The van der Waals surface area contributed by atoms with Gasteiger partial charge in [-0.25, -0.2) is 0 Å². The lowest BCUT2D eigenvalue weighted by Gasteiger charge is -2.15. The van der Waals surface area contributed by atoms with Crippen LogP contribution in [0.25, 0.3) is 0 Å². The molecule has 1 heterocycles. The summed E-state index contributed by atoms with van der Waals surface area (Å²) in [5, 5.41) is 9.37. The van der Waals surface area contributed by atoms with Gasteiger partial charge in [-0.1, -0.05) is 0 Å². The summed E-state index contributed by atoms with van der Waals surface area (Å²) in [6.45, 7) is 2.43. The molecule has 0 aliphatic heterocycles. The molecule has 1 aromatic heterocycles. The molecule has 0 atom stereocenters. The highest BCUT2D eigenvalue weighted by Crippen LogP contribution is 2.40. The maximum Gasteiger partial charge on any atom is 0.273 e. The van der Waals surface area contributed by atoms with Gasteiger partial charge in [-0.3, -0.25) is 14.3 Å². The first-order valence-corrected chi connectivity index (χ1v) is 7.90. The van der Waals surface area contributed by atoms with E-state index in [0.717, 1.165) is 0 Å². The lowest BCUT2D eigenvalue weighted by atomic mass is 10.1. The fourth-order valence-electron chi connectivity index (χ4n) is 2.43. The fourth-order valence-corrected chi connectivity index (χ4v) is 2.43. The molecular weight excluding hydrogens is 340 g/mol. The number of nitrogens with one attached hydrogen (secondary N) is 2. The van der Waals surface area contributed by atoms with Gasteiger partial charge in [-0.05, 0) is 19.1 Å². The first-order chi connectivity index (χ1) is 12.5. The lowest BCUT2D eigenvalue weighted by molar-refractivity contribution is 0.0958. The molecule has 9 nitrogen and oxygen atoms in total. The molecule has 9 heteroatoms. The second-order valence-electron chi connectivity index (χ2n) is 5.16. The molecule has 2 N–H and O–H groups in total. The van der Waals surface area contributed by atoms with Gasteiger partial charge < -0.3 is 24.8 Å². The Morgan fingerprint density at radius 3 is 2.31 bits per heavy atom. The van der Waals surface area contributed by atoms with Crippen LogP contribution in [0.4, 0.5) is 5.69 Å². The Kier molecular flexibility index (Phi) is 6.05. The zero-order chi connectivity index (χ0) is 19.3. The summed E-state index contributed by atoms with van der Waals surface area (Å²) in [4.78, 5) is 24.8. The number of rotatable bonds is 7. The van der Waals surface area contributed by atoms with Crippen molar-refractivity contribution in [2.45, 2.75) is 13.5 Å². The smallest absolute Gasteiger partial charge is 0.273 e. The van der Waals surface area contributed by atoms with E-state index in [0.29, 0.717) is 23.7 Å². The van der Waals surface area contributed by atoms with Crippen LogP contribution in [0.5, 0.6) is 17.2 Å². The molecule has 0 radical (unpaired) electrons. The Balaban J connectivity index is 2.42. The van der Waals surface area contributed by atoms with Crippen LogP contribution in [0, 0.1) is 0 Å². The van der Waals surface area contributed by atoms with E-state index >= 15 is 0 Å². The number of anilines is 1. The number of ether oxygens (including phenoxy) is 3. The van der Waals surface area contributed by atoms with Crippen LogP contribution in [0.15, 0.2) is 18.3 Å². The first-order valence-electron chi connectivity index (χ1n) is 7.90. The summed E-state index contributed by atoms with van der Waals surface area (Å²) < 4.78 is 17.4. The van der Waals surface area contributed by atoms with Crippen molar-refractivity contribution < 1.29 is 23.8 Å². The number of carbonyl (C=O) groups is 2. The minimum Gasteiger partial charge on any atom is -0.493 e. The minimum absolute atomic E-state index is 0.127. The maximum absolute atomic E-state index is 12.8. The second kappa shape index (κ2) is 8.24. The average molecular weight is 362 g/mol. The summed E-state index contributed by atoms with van der Waals surface area (Å²) in [6, 6.07) is 3.16. The van der Waals surface area contributed by atoms with Gasteiger partial charge in [0, 0.05) is 19.8 Å². The fraction of sp³-hybridized carbons (Fsp3) is 0.353. The summed E-state index contributed by atoms with van der Waals surface area (Å²) >= 11 is 0. The monoisotopic (exact) mass is 362 g/mol. The van der Waals surface area contributed by atoms with Gasteiger partial charge in [0.1, 0.15) is 0 Å². The Hall–Kier alpha value is -3.23. The molecule has 1 aromatic carbocycles. The molecule has 2 aromatic rings. The topological polar surface area (TPSA) is 104 Å². The Labute approximate surface area is 151 Å². The van der Waals surface area contributed by atoms with Gasteiger partial charge in [0.15, 0.2) is 17.2 Å².